The summed E-state index contributed by atoms with van der Waals surface area (Å²) in [6.45, 7) is 0.231. The maximum Gasteiger partial charge on any atom is 0.234 e. The van der Waals surface area contributed by atoms with Crippen molar-refractivity contribution in [2.75, 3.05) is 12.4 Å². The van der Waals surface area contributed by atoms with Gasteiger partial charge in [0.1, 0.15) is 11.6 Å². The van der Waals surface area contributed by atoms with Crippen LogP contribution in [0.4, 0.5) is 10.3 Å². The molecule has 0 amide bonds. The molecule has 0 saturated heterocycles. The van der Waals surface area contributed by atoms with Crippen LogP contribution in [0.5, 0.6) is 5.75 Å². The molecule has 0 saturated carbocycles. The van der Waals surface area contributed by atoms with Crippen molar-refractivity contribution in [1.82, 2.24) is 4.98 Å². The summed E-state index contributed by atoms with van der Waals surface area (Å²) in [7, 11) is -2.38. The second-order valence-electron chi connectivity index (χ2n) is 6.68. The van der Waals surface area contributed by atoms with Gasteiger partial charge >= 0.3 is 0 Å². The van der Waals surface area contributed by atoms with Crippen LogP contribution in [-0.4, -0.2) is 20.5 Å². The van der Waals surface area contributed by atoms with E-state index in [1.54, 1.807) is 61.7 Å². The maximum absolute atomic E-state index is 13.2. The van der Waals surface area contributed by atoms with E-state index in [-0.39, 0.29) is 34.1 Å². The predicted octanol–water partition coefficient (Wildman–Crippen LogP) is 4.93. The molecule has 0 atom stereocenters. The summed E-state index contributed by atoms with van der Waals surface area (Å²) in [6, 6.07) is 20.8. The molecule has 8 heteroatoms. The lowest BCUT2D eigenvalue weighted by atomic mass is 10.2. The number of nitrogens with zero attached hydrogens (tertiary/aromatic N) is 1. The number of halogens is 1. The first kappa shape index (κ1) is 20.6. The monoisotopic (exact) mass is 438 g/mol. The number of oxazole rings is 1. The summed E-state index contributed by atoms with van der Waals surface area (Å²) >= 11 is 0. The fraction of sp³-hybridized carbons (Fsp3) is 0.0870. The number of nitrogens with one attached hydrogen (secondary N) is 1. The van der Waals surface area contributed by atoms with Crippen molar-refractivity contribution < 1.29 is 22.0 Å². The Morgan fingerprint density at radius 1 is 0.968 bits per heavy atom. The second-order valence-corrected chi connectivity index (χ2v) is 8.54. The van der Waals surface area contributed by atoms with Crippen LogP contribution in [0.15, 0.2) is 93.2 Å². The number of hydrogen-bond donors (Lipinski definition) is 1. The highest BCUT2D eigenvalue weighted by Gasteiger charge is 2.28. The smallest absolute Gasteiger partial charge is 0.234 e. The van der Waals surface area contributed by atoms with Gasteiger partial charge in [-0.1, -0.05) is 30.3 Å². The Labute approximate surface area is 179 Å². The Hall–Kier alpha value is -3.65. The molecule has 1 aromatic heterocycles. The maximum atomic E-state index is 13.2. The van der Waals surface area contributed by atoms with Crippen LogP contribution in [0.25, 0.3) is 11.5 Å². The van der Waals surface area contributed by atoms with Crippen LogP contribution in [0.3, 0.4) is 0 Å². The van der Waals surface area contributed by atoms with E-state index in [1.807, 2.05) is 0 Å². The number of methoxy groups -OCH3 is 1. The number of aromatic nitrogens is 1. The fourth-order valence-electron chi connectivity index (χ4n) is 2.95. The molecule has 4 aromatic rings. The van der Waals surface area contributed by atoms with Crippen molar-refractivity contribution in [2.45, 2.75) is 16.5 Å². The Bertz CT molecular complexity index is 1270. The minimum Gasteiger partial charge on any atom is -0.497 e. The Morgan fingerprint density at radius 3 is 2.29 bits per heavy atom. The number of rotatable bonds is 7. The van der Waals surface area contributed by atoms with Crippen LogP contribution >= 0.6 is 0 Å². The molecule has 3 aromatic carbocycles. The van der Waals surface area contributed by atoms with Crippen molar-refractivity contribution >= 4 is 15.7 Å². The summed E-state index contributed by atoms with van der Waals surface area (Å²) in [4.78, 5) is 4.40. The van der Waals surface area contributed by atoms with Crippen LogP contribution < -0.4 is 10.1 Å². The first-order valence-corrected chi connectivity index (χ1v) is 10.9. The van der Waals surface area contributed by atoms with Gasteiger partial charge in [0.05, 0.1) is 12.0 Å². The molecule has 0 radical (unpaired) electrons. The number of hydrogen-bond acceptors (Lipinski definition) is 6. The summed E-state index contributed by atoms with van der Waals surface area (Å²) < 4.78 is 50.6. The molecule has 0 aliphatic carbocycles. The zero-order chi connectivity index (χ0) is 21.8. The van der Waals surface area contributed by atoms with Crippen molar-refractivity contribution in [3.63, 3.8) is 0 Å². The van der Waals surface area contributed by atoms with Crippen LogP contribution in [0.1, 0.15) is 5.56 Å². The predicted molar refractivity (Wildman–Crippen MR) is 114 cm³/mol. The van der Waals surface area contributed by atoms with E-state index in [0.717, 1.165) is 5.56 Å². The zero-order valence-corrected chi connectivity index (χ0v) is 17.4. The third kappa shape index (κ3) is 4.44. The topological polar surface area (TPSA) is 81.4 Å². The molecular formula is C23H19FN2O4S. The first-order valence-electron chi connectivity index (χ1n) is 9.41. The minimum atomic E-state index is -3.93. The van der Waals surface area contributed by atoms with E-state index in [9.17, 15) is 12.8 Å². The summed E-state index contributed by atoms with van der Waals surface area (Å²) in [5.74, 6) is 0.470. The van der Waals surface area contributed by atoms with E-state index >= 15 is 0 Å². The summed E-state index contributed by atoms with van der Waals surface area (Å²) in [5.41, 5.74) is 1.35. The number of benzene rings is 3. The minimum absolute atomic E-state index is 0.0130. The van der Waals surface area contributed by atoms with Gasteiger partial charge in [-0.25, -0.2) is 12.8 Å². The highest BCUT2D eigenvalue weighted by Crippen LogP contribution is 2.33. The van der Waals surface area contributed by atoms with E-state index in [0.29, 0.717) is 11.3 Å². The molecule has 1 N–H and O–H groups in total. The molecule has 0 spiro atoms. The SMILES string of the molecule is COc1ccc(-c2nc(S(=O)(=O)c3ccccc3)c(NCc3ccc(F)cc3)o2)cc1. The summed E-state index contributed by atoms with van der Waals surface area (Å²) in [6.07, 6.45) is 0. The molecule has 158 valence electrons. The number of ether oxygens (including phenoxy) is 1. The molecule has 0 aliphatic rings. The number of sulfone groups is 1. The third-order valence-corrected chi connectivity index (χ3v) is 6.29. The van der Waals surface area contributed by atoms with Gasteiger partial charge in [0.25, 0.3) is 0 Å². The molecular weight excluding hydrogens is 419 g/mol. The van der Waals surface area contributed by atoms with Gasteiger partial charge in [0.15, 0.2) is 0 Å². The molecule has 0 bridgehead atoms. The molecule has 6 nitrogen and oxygen atoms in total. The zero-order valence-electron chi connectivity index (χ0n) is 16.6. The highest BCUT2D eigenvalue weighted by atomic mass is 32.2. The molecule has 0 aliphatic heterocycles. The fourth-order valence-corrected chi connectivity index (χ4v) is 4.25. The third-order valence-electron chi connectivity index (χ3n) is 4.61. The van der Waals surface area contributed by atoms with Crippen molar-refractivity contribution in [1.29, 1.82) is 0 Å². The van der Waals surface area contributed by atoms with Crippen molar-refractivity contribution in [3.05, 3.63) is 90.2 Å². The van der Waals surface area contributed by atoms with Crippen molar-refractivity contribution in [3.8, 4) is 17.2 Å². The van der Waals surface area contributed by atoms with Gasteiger partial charge in [-0.15, -0.1) is 0 Å². The van der Waals surface area contributed by atoms with Gasteiger partial charge in [0, 0.05) is 12.1 Å². The molecule has 1 heterocycles. The lowest BCUT2D eigenvalue weighted by molar-refractivity contribution is 0.415. The number of anilines is 1. The Kier molecular flexibility index (Phi) is 5.73. The van der Waals surface area contributed by atoms with Gasteiger partial charge in [-0.3, -0.25) is 0 Å². The average molecular weight is 438 g/mol. The second kappa shape index (κ2) is 8.61. The van der Waals surface area contributed by atoms with Gasteiger partial charge in [-0.05, 0) is 54.1 Å². The van der Waals surface area contributed by atoms with Crippen molar-refractivity contribution in [2.24, 2.45) is 0 Å². The van der Waals surface area contributed by atoms with E-state index in [1.165, 1.54) is 24.3 Å². The highest BCUT2D eigenvalue weighted by molar-refractivity contribution is 7.91. The Morgan fingerprint density at radius 2 is 1.65 bits per heavy atom. The largest absolute Gasteiger partial charge is 0.497 e. The normalized spacial score (nSPS) is 11.3. The standard InChI is InChI=1S/C23H19FN2O4S/c1-29-19-13-9-17(10-14-19)21-26-23(31(27,28)20-5-3-2-4-6-20)22(30-21)25-15-16-7-11-18(24)12-8-16/h2-14,25H,15H2,1H3. The Balaban J connectivity index is 1.73. The average Bonchev–Trinajstić information content (AvgIpc) is 3.24. The van der Waals surface area contributed by atoms with Gasteiger partial charge in [0.2, 0.25) is 26.6 Å². The quantitative estimate of drug-likeness (QED) is 0.440. The van der Waals surface area contributed by atoms with E-state index in [4.69, 9.17) is 9.15 Å². The lowest BCUT2D eigenvalue weighted by Crippen LogP contribution is -2.07. The van der Waals surface area contributed by atoms with Gasteiger partial charge in [-0.2, -0.15) is 4.98 Å². The van der Waals surface area contributed by atoms with Gasteiger partial charge < -0.3 is 14.5 Å². The molecule has 31 heavy (non-hydrogen) atoms. The van der Waals surface area contributed by atoms with E-state index in [2.05, 4.69) is 10.3 Å². The van der Waals surface area contributed by atoms with Crippen LogP contribution in [-0.2, 0) is 16.4 Å². The lowest BCUT2D eigenvalue weighted by Gasteiger charge is -2.06. The summed E-state index contributed by atoms with van der Waals surface area (Å²) in [5, 5.41) is 2.77. The van der Waals surface area contributed by atoms with Crippen LogP contribution in [0.2, 0.25) is 0 Å². The molecule has 0 unspecified atom stereocenters. The van der Waals surface area contributed by atoms with E-state index < -0.39 is 9.84 Å². The molecule has 4 rings (SSSR count). The first-order chi connectivity index (χ1) is 15.0. The molecule has 0 fully saturated rings. The van der Waals surface area contributed by atoms with Crippen LogP contribution in [0, 0.1) is 5.82 Å².